The Kier molecular flexibility index (Phi) is 3.79. The Morgan fingerprint density at radius 1 is 1.57 bits per heavy atom. The number of rotatable bonds is 4. The Morgan fingerprint density at radius 2 is 2.50 bits per heavy atom. The average Bonchev–Trinajstić information content (AvgIpc) is 2.85. The van der Waals surface area contributed by atoms with Gasteiger partial charge in [-0.3, -0.25) is 4.98 Å². The standard InChI is InChI=1S/C10H15ClN2S/c11-4-8-2-1-3-10(8)13-6-9-5-12-7-14-9/h5,7-8,10,13H,1-4,6H2. The second kappa shape index (κ2) is 5.10. The molecule has 1 aromatic heterocycles. The average molecular weight is 231 g/mol. The first-order valence-electron chi connectivity index (χ1n) is 5.07. The van der Waals surface area contributed by atoms with Crippen molar-refractivity contribution in [1.82, 2.24) is 10.3 Å². The maximum atomic E-state index is 5.91. The molecule has 1 aliphatic rings. The van der Waals surface area contributed by atoms with E-state index in [9.17, 15) is 0 Å². The minimum absolute atomic E-state index is 0.620. The molecule has 78 valence electrons. The van der Waals surface area contributed by atoms with Gasteiger partial charge in [0.15, 0.2) is 0 Å². The fourth-order valence-electron chi connectivity index (χ4n) is 2.05. The number of nitrogens with one attached hydrogen (secondary N) is 1. The van der Waals surface area contributed by atoms with Crippen LogP contribution < -0.4 is 5.32 Å². The predicted molar refractivity (Wildman–Crippen MR) is 60.8 cm³/mol. The van der Waals surface area contributed by atoms with Crippen molar-refractivity contribution < 1.29 is 0 Å². The zero-order valence-corrected chi connectivity index (χ0v) is 9.65. The van der Waals surface area contributed by atoms with Crippen molar-refractivity contribution >= 4 is 22.9 Å². The summed E-state index contributed by atoms with van der Waals surface area (Å²) < 4.78 is 0. The largest absolute Gasteiger partial charge is 0.309 e. The zero-order chi connectivity index (χ0) is 9.80. The molecule has 4 heteroatoms. The van der Waals surface area contributed by atoms with E-state index < -0.39 is 0 Å². The van der Waals surface area contributed by atoms with Crippen LogP contribution in [0.15, 0.2) is 11.7 Å². The third kappa shape index (κ3) is 2.47. The number of nitrogens with zero attached hydrogens (tertiary/aromatic N) is 1. The molecule has 2 rings (SSSR count). The molecule has 2 atom stereocenters. The molecular formula is C10H15ClN2S. The van der Waals surface area contributed by atoms with E-state index in [1.54, 1.807) is 11.3 Å². The Morgan fingerprint density at radius 3 is 3.21 bits per heavy atom. The van der Waals surface area contributed by atoms with Gasteiger partial charge in [-0.15, -0.1) is 22.9 Å². The normalized spacial score (nSPS) is 26.9. The van der Waals surface area contributed by atoms with Gasteiger partial charge < -0.3 is 5.32 Å². The van der Waals surface area contributed by atoms with Crippen molar-refractivity contribution in [3.05, 3.63) is 16.6 Å². The lowest BCUT2D eigenvalue weighted by Gasteiger charge is -2.18. The molecule has 0 amide bonds. The minimum Gasteiger partial charge on any atom is -0.309 e. The highest BCUT2D eigenvalue weighted by atomic mass is 35.5. The molecule has 0 spiro atoms. The molecule has 1 aliphatic carbocycles. The molecule has 1 aromatic rings. The van der Waals surface area contributed by atoms with Crippen LogP contribution in [0.5, 0.6) is 0 Å². The van der Waals surface area contributed by atoms with Crippen LogP contribution in [0.4, 0.5) is 0 Å². The molecule has 1 fully saturated rings. The highest BCUT2D eigenvalue weighted by Gasteiger charge is 2.25. The van der Waals surface area contributed by atoms with Gasteiger partial charge in [-0.2, -0.15) is 0 Å². The summed E-state index contributed by atoms with van der Waals surface area (Å²) in [6.45, 7) is 0.947. The summed E-state index contributed by atoms with van der Waals surface area (Å²) >= 11 is 7.62. The molecular weight excluding hydrogens is 216 g/mol. The molecule has 0 radical (unpaired) electrons. The van der Waals surface area contributed by atoms with Crippen molar-refractivity contribution in [2.45, 2.75) is 31.8 Å². The lowest BCUT2D eigenvalue weighted by molar-refractivity contribution is 0.431. The Hall–Kier alpha value is -0.120. The van der Waals surface area contributed by atoms with Gasteiger partial charge in [0.1, 0.15) is 0 Å². The number of hydrogen-bond donors (Lipinski definition) is 1. The first-order chi connectivity index (χ1) is 6.90. The fourth-order valence-corrected chi connectivity index (χ4v) is 2.97. The highest BCUT2D eigenvalue weighted by Crippen LogP contribution is 2.26. The molecule has 0 aromatic carbocycles. The third-order valence-corrected chi connectivity index (χ3v) is 4.06. The smallest absolute Gasteiger partial charge is 0.0794 e. The number of alkyl halides is 1. The second-order valence-electron chi connectivity index (χ2n) is 3.80. The van der Waals surface area contributed by atoms with E-state index in [4.69, 9.17) is 11.6 Å². The van der Waals surface area contributed by atoms with Crippen LogP contribution in [-0.2, 0) is 6.54 Å². The highest BCUT2D eigenvalue weighted by molar-refractivity contribution is 7.09. The van der Waals surface area contributed by atoms with E-state index in [1.165, 1.54) is 24.1 Å². The van der Waals surface area contributed by atoms with Crippen molar-refractivity contribution in [3.8, 4) is 0 Å². The molecule has 1 heterocycles. The number of halogens is 1. The van der Waals surface area contributed by atoms with E-state index in [0.717, 1.165) is 12.4 Å². The van der Waals surface area contributed by atoms with Gasteiger partial charge in [-0.25, -0.2) is 0 Å². The summed E-state index contributed by atoms with van der Waals surface area (Å²) in [4.78, 5) is 5.37. The molecule has 1 N–H and O–H groups in total. The minimum atomic E-state index is 0.620. The second-order valence-corrected chi connectivity index (χ2v) is 5.08. The summed E-state index contributed by atoms with van der Waals surface area (Å²) in [5.41, 5.74) is 1.88. The van der Waals surface area contributed by atoms with Gasteiger partial charge in [-0.1, -0.05) is 6.42 Å². The monoisotopic (exact) mass is 230 g/mol. The van der Waals surface area contributed by atoms with E-state index in [1.807, 2.05) is 11.7 Å². The van der Waals surface area contributed by atoms with Crippen LogP contribution in [-0.4, -0.2) is 16.9 Å². The summed E-state index contributed by atoms with van der Waals surface area (Å²) in [5.74, 6) is 1.46. The Balaban J connectivity index is 1.80. The van der Waals surface area contributed by atoms with Crippen molar-refractivity contribution in [3.63, 3.8) is 0 Å². The van der Waals surface area contributed by atoms with Gasteiger partial charge in [-0.05, 0) is 18.8 Å². The predicted octanol–water partition coefficient (Wildman–Crippen LogP) is 2.64. The van der Waals surface area contributed by atoms with Crippen LogP contribution in [0, 0.1) is 5.92 Å². The summed E-state index contributed by atoms with van der Waals surface area (Å²) in [6.07, 6.45) is 5.81. The summed E-state index contributed by atoms with van der Waals surface area (Å²) in [6, 6.07) is 0.620. The zero-order valence-electron chi connectivity index (χ0n) is 8.08. The maximum absolute atomic E-state index is 5.91. The van der Waals surface area contributed by atoms with E-state index >= 15 is 0 Å². The third-order valence-electron chi connectivity index (χ3n) is 2.88. The lowest BCUT2D eigenvalue weighted by atomic mass is 10.1. The van der Waals surface area contributed by atoms with Crippen molar-refractivity contribution in [2.75, 3.05) is 5.88 Å². The van der Waals surface area contributed by atoms with Gasteiger partial charge in [0.25, 0.3) is 0 Å². The van der Waals surface area contributed by atoms with Gasteiger partial charge >= 0.3 is 0 Å². The van der Waals surface area contributed by atoms with Crippen LogP contribution in [0.3, 0.4) is 0 Å². The van der Waals surface area contributed by atoms with E-state index in [0.29, 0.717) is 12.0 Å². The molecule has 0 saturated heterocycles. The van der Waals surface area contributed by atoms with Crippen LogP contribution in [0.25, 0.3) is 0 Å². The summed E-state index contributed by atoms with van der Waals surface area (Å²) in [5, 5.41) is 3.57. The molecule has 14 heavy (non-hydrogen) atoms. The summed E-state index contributed by atoms with van der Waals surface area (Å²) in [7, 11) is 0. The van der Waals surface area contributed by atoms with E-state index in [2.05, 4.69) is 10.3 Å². The quantitative estimate of drug-likeness (QED) is 0.805. The number of hydrogen-bond acceptors (Lipinski definition) is 3. The van der Waals surface area contributed by atoms with Crippen LogP contribution in [0.1, 0.15) is 24.1 Å². The Labute approximate surface area is 93.7 Å². The molecule has 2 unspecified atom stereocenters. The molecule has 1 saturated carbocycles. The van der Waals surface area contributed by atoms with E-state index in [-0.39, 0.29) is 0 Å². The first kappa shape index (κ1) is 10.4. The molecule has 0 aliphatic heterocycles. The topological polar surface area (TPSA) is 24.9 Å². The van der Waals surface area contributed by atoms with Gasteiger partial charge in [0, 0.05) is 29.5 Å². The van der Waals surface area contributed by atoms with Crippen LogP contribution in [0.2, 0.25) is 0 Å². The molecule has 0 bridgehead atoms. The van der Waals surface area contributed by atoms with Gasteiger partial charge in [0.2, 0.25) is 0 Å². The molecule has 2 nitrogen and oxygen atoms in total. The fraction of sp³-hybridized carbons (Fsp3) is 0.700. The van der Waals surface area contributed by atoms with Crippen LogP contribution >= 0.6 is 22.9 Å². The van der Waals surface area contributed by atoms with Gasteiger partial charge in [0.05, 0.1) is 5.51 Å². The number of aromatic nitrogens is 1. The maximum Gasteiger partial charge on any atom is 0.0794 e. The lowest BCUT2D eigenvalue weighted by Crippen LogP contribution is -2.32. The number of thiazole rings is 1. The first-order valence-corrected chi connectivity index (χ1v) is 6.48. The Bertz CT molecular complexity index is 263. The SMILES string of the molecule is ClCC1CCCC1NCc1cncs1. The van der Waals surface area contributed by atoms with Crippen molar-refractivity contribution in [1.29, 1.82) is 0 Å². The van der Waals surface area contributed by atoms with Crippen molar-refractivity contribution in [2.24, 2.45) is 5.92 Å².